The van der Waals surface area contributed by atoms with Crippen molar-refractivity contribution in [3.63, 3.8) is 0 Å². The zero-order valence-corrected chi connectivity index (χ0v) is 10.3. The predicted molar refractivity (Wildman–Crippen MR) is 64.3 cm³/mol. The van der Waals surface area contributed by atoms with Crippen molar-refractivity contribution in [3.05, 3.63) is 0 Å². The van der Waals surface area contributed by atoms with Crippen LogP contribution in [0, 0.1) is 5.92 Å². The van der Waals surface area contributed by atoms with Gasteiger partial charge in [-0.05, 0) is 25.3 Å². The van der Waals surface area contributed by atoms with Crippen molar-refractivity contribution >= 4 is 24.2 Å². The molecular weight excluding hydrogens is 230 g/mol. The maximum Gasteiger partial charge on any atom is 0.239 e. The molecule has 1 saturated carbocycles. The number of carbonyl (C=O) groups is 2. The lowest BCUT2D eigenvalue weighted by Crippen LogP contribution is -2.44. The summed E-state index contributed by atoms with van der Waals surface area (Å²) in [6.45, 7) is 2.07. The number of nitrogens with one attached hydrogen (secondary N) is 2. The van der Waals surface area contributed by atoms with Crippen molar-refractivity contribution < 1.29 is 9.59 Å². The van der Waals surface area contributed by atoms with E-state index < -0.39 is 0 Å². The van der Waals surface area contributed by atoms with Crippen LogP contribution in [-0.2, 0) is 9.59 Å². The third-order valence-electron chi connectivity index (χ3n) is 2.81. The van der Waals surface area contributed by atoms with Crippen molar-refractivity contribution in [1.82, 2.24) is 10.6 Å². The average molecular weight is 250 g/mol. The van der Waals surface area contributed by atoms with Gasteiger partial charge in [0.05, 0.1) is 6.54 Å². The summed E-state index contributed by atoms with van der Waals surface area (Å²) in [5.41, 5.74) is 5.60. The lowest BCUT2D eigenvalue weighted by atomic mass is 10.0. The Kier molecular flexibility index (Phi) is 7.08. The highest BCUT2D eigenvalue weighted by Gasteiger charge is 2.26. The molecule has 5 nitrogen and oxygen atoms in total. The Bertz CT molecular complexity index is 248. The Balaban J connectivity index is 0.00000225. The fourth-order valence-electron chi connectivity index (χ4n) is 1.97. The Morgan fingerprint density at radius 1 is 1.38 bits per heavy atom. The first-order valence-electron chi connectivity index (χ1n) is 5.37. The standard InChI is InChI=1S/C10H19N3O2.ClH/c1-7(14)12-6-10(15)13-9-4-2-3-8(9)5-11;/h8-9H,2-6,11H2,1H3,(H,12,14)(H,13,15);1H. The van der Waals surface area contributed by atoms with E-state index in [4.69, 9.17) is 5.73 Å². The molecule has 0 aromatic carbocycles. The molecule has 2 unspecified atom stereocenters. The number of halogens is 1. The molecular formula is C10H20ClN3O2. The van der Waals surface area contributed by atoms with Crippen molar-refractivity contribution in [1.29, 1.82) is 0 Å². The van der Waals surface area contributed by atoms with Crippen LogP contribution in [0.1, 0.15) is 26.2 Å². The lowest BCUT2D eigenvalue weighted by Gasteiger charge is -2.19. The molecule has 94 valence electrons. The van der Waals surface area contributed by atoms with Gasteiger partial charge in [0.1, 0.15) is 0 Å². The fraction of sp³-hybridized carbons (Fsp3) is 0.800. The molecule has 16 heavy (non-hydrogen) atoms. The quantitative estimate of drug-likeness (QED) is 0.645. The molecule has 6 heteroatoms. The van der Waals surface area contributed by atoms with E-state index in [1.54, 1.807) is 0 Å². The van der Waals surface area contributed by atoms with Crippen LogP contribution in [-0.4, -0.2) is 30.9 Å². The number of carbonyl (C=O) groups excluding carboxylic acids is 2. The van der Waals surface area contributed by atoms with Gasteiger partial charge in [0, 0.05) is 13.0 Å². The topological polar surface area (TPSA) is 84.2 Å². The van der Waals surface area contributed by atoms with E-state index in [0.29, 0.717) is 12.5 Å². The summed E-state index contributed by atoms with van der Waals surface area (Å²) < 4.78 is 0. The highest BCUT2D eigenvalue weighted by atomic mass is 35.5. The number of hydrogen-bond donors (Lipinski definition) is 3. The first-order valence-corrected chi connectivity index (χ1v) is 5.37. The molecule has 2 amide bonds. The zero-order valence-electron chi connectivity index (χ0n) is 9.49. The second kappa shape index (κ2) is 7.46. The molecule has 0 heterocycles. The van der Waals surface area contributed by atoms with Gasteiger partial charge in [-0.3, -0.25) is 9.59 Å². The van der Waals surface area contributed by atoms with Crippen LogP contribution in [0.15, 0.2) is 0 Å². The summed E-state index contributed by atoms with van der Waals surface area (Å²) in [5, 5.41) is 5.37. The van der Waals surface area contributed by atoms with E-state index in [-0.39, 0.29) is 36.8 Å². The molecule has 0 aromatic heterocycles. The summed E-state index contributed by atoms with van der Waals surface area (Å²) in [6, 6.07) is 0.191. The van der Waals surface area contributed by atoms with Gasteiger partial charge in [-0.1, -0.05) is 6.42 Å². The summed E-state index contributed by atoms with van der Waals surface area (Å²) >= 11 is 0. The monoisotopic (exact) mass is 249 g/mol. The van der Waals surface area contributed by atoms with Gasteiger partial charge < -0.3 is 16.4 Å². The molecule has 2 atom stereocenters. The van der Waals surface area contributed by atoms with Gasteiger partial charge in [-0.25, -0.2) is 0 Å². The number of rotatable bonds is 4. The van der Waals surface area contributed by atoms with Crippen LogP contribution in [0.25, 0.3) is 0 Å². The normalized spacial score (nSPS) is 23.4. The fourth-order valence-corrected chi connectivity index (χ4v) is 1.97. The van der Waals surface area contributed by atoms with E-state index in [1.807, 2.05) is 0 Å². The van der Waals surface area contributed by atoms with Gasteiger partial charge in [-0.2, -0.15) is 0 Å². The van der Waals surface area contributed by atoms with Crippen molar-refractivity contribution in [2.75, 3.05) is 13.1 Å². The minimum absolute atomic E-state index is 0. The molecule has 0 saturated heterocycles. The molecule has 4 N–H and O–H groups in total. The second-order valence-corrected chi connectivity index (χ2v) is 4.01. The highest BCUT2D eigenvalue weighted by molar-refractivity contribution is 5.85. The van der Waals surface area contributed by atoms with Gasteiger partial charge in [0.15, 0.2) is 0 Å². The Hall–Kier alpha value is -0.810. The third kappa shape index (κ3) is 4.81. The molecule has 1 rings (SSSR count). The minimum Gasteiger partial charge on any atom is -0.352 e. The molecule has 0 spiro atoms. The molecule has 0 bridgehead atoms. The molecule has 0 radical (unpaired) electrons. The van der Waals surface area contributed by atoms with Crippen molar-refractivity contribution in [2.24, 2.45) is 11.7 Å². The predicted octanol–water partition coefficient (Wildman–Crippen LogP) is -0.212. The van der Waals surface area contributed by atoms with Gasteiger partial charge in [0.25, 0.3) is 0 Å². The lowest BCUT2D eigenvalue weighted by molar-refractivity contribution is -0.125. The average Bonchev–Trinajstić information content (AvgIpc) is 2.62. The Morgan fingerprint density at radius 3 is 2.62 bits per heavy atom. The Labute approximate surface area is 102 Å². The number of nitrogens with two attached hydrogens (primary N) is 1. The third-order valence-corrected chi connectivity index (χ3v) is 2.81. The van der Waals surface area contributed by atoms with Gasteiger partial charge in [0.2, 0.25) is 11.8 Å². The van der Waals surface area contributed by atoms with Crippen LogP contribution in [0.4, 0.5) is 0 Å². The summed E-state index contributed by atoms with van der Waals surface area (Å²) in [5.74, 6) is 0.0776. The Morgan fingerprint density at radius 2 is 2.06 bits per heavy atom. The molecule has 1 aliphatic carbocycles. The molecule has 1 fully saturated rings. The molecule has 0 aromatic rings. The van der Waals surface area contributed by atoms with Crippen molar-refractivity contribution in [3.8, 4) is 0 Å². The maximum absolute atomic E-state index is 11.4. The van der Waals surface area contributed by atoms with E-state index in [1.165, 1.54) is 6.92 Å². The molecule has 1 aliphatic rings. The smallest absolute Gasteiger partial charge is 0.239 e. The summed E-state index contributed by atoms with van der Waals surface area (Å²) in [4.78, 5) is 22.0. The van der Waals surface area contributed by atoms with Crippen LogP contribution in [0.3, 0.4) is 0 Å². The van der Waals surface area contributed by atoms with Gasteiger partial charge in [-0.15, -0.1) is 12.4 Å². The van der Waals surface area contributed by atoms with E-state index in [2.05, 4.69) is 10.6 Å². The SMILES string of the molecule is CC(=O)NCC(=O)NC1CCCC1CN.Cl. The zero-order chi connectivity index (χ0) is 11.3. The number of amides is 2. The van der Waals surface area contributed by atoms with Crippen LogP contribution < -0.4 is 16.4 Å². The maximum atomic E-state index is 11.4. The summed E-state index contributed by atoms with van der Waals surface area (Å²) in [7, 11) is 0. The first-order chi connectivity index (χ1) is 7.13. The second-order valence-electron chi connectivity index (χ2n) is 4.01. The van der Waals surface area contributed by atoms with E-state index in [0.717, 1.165) is 19.3 Å². The van der Waals surface area contributed by atoms with E-state index >= 15 is 0 Å². The van der Waals surface area contributed by atoms with Crippen LogP contribution in [0.2, 0.25) is 0 Å². The highest BCUT2D eigenvalue weighted by Crippen LogP contribution is 2.24. The van der Waals surface area contributed by atoms with Gasteiger partial charge >= 0.3 is 0 Å². The largest absolute Gasteiger partial charge is 0.352 e. The van der Waals surface area contributed by atoms with E-state index in [9.17, 15) is 9.59 Å². The van der Waals surface area contributed by atoms with Crippen molar-refractivity contribution in [2.45, 2.75) is 32.2 Å². The summed E-state index contributed by atoms with van der Waals surface area (Å²) in [6.07, 6.45) is 3.20. The van der Waals surface area contributed by atoms with Crippen LogP contribution >= 0.6 is 12.4 Å². The minimum atomic E-state index is -0.188. The van der Waals surface area contributed by atoms with Crippen LogP contribution in [0.5, 0.6) is 0 Å². The number of hydrogen-bond acceptors (Lipinski definition) is 3. The first kappa shape index (κ1) is 15.2. The molecule has 0 aliphatic heterocycles.